The fraction of sp³-hybridized carbons (Fsp3) is 0.382. The van der Waals surface area contributed by atoms with E-state index < -0.39 is 23.6 Å². The molecular formula is C34H39NO6S. The van der Waals surface area contributed by atoms with E-state index in [9.17, 15) is 19.5 Å². The second-order valence-electron chi connectivity index (χ2n) is 11.7. The molecule has 3 aromatic rings. The summed E-state index contributed by atoms with van der Waals surface area (Å²) in [6.45, 7) is 11.5. The van der Waals surface area contributed by atoms with E-state index in [2.05, 4.69) is 13.8 Å². The summed E-state index contributed by atoms with van der Waals surface area (Å²) in [5, 5.41) is 9.56. The minimum Gasteiger partial charge on any atom is -0.478 e. The average Bonchev–Trinajstić information content (AvgIpc) is 3.40. The smallest absolute Gasteiger partial charge is 0.415 e. The Kier molecular flexibility index (Phi) is 9.36. The molecule has 2 atom stereocenters. The van der Waals surface area contributed by atoms with Gasteiger partial charge in [-0.3, -0.25) is 4.79 Å². The summed E-state index contributed by atoms with van der Waals surface area (Å²) in [6, 6.07) is 18.9. The zero-order valence-electron chi connectivity index (χ0n) is 25.3. The molecule has 1 fully saturated rings. The number of ketones is 1. The molecule has 1 saturated heterocycles. The van der Waals surface area contributed by atoms with Gasteiger partial charge >= 0.3 is 12.1 Å². The van der Waals surface area contributed by atoms with Gasteiger partial charge in [-0.05, 0) is 86.4 Å². The monoisotopic (exact) mass is 589 g/mol. The predicted octanol–water partition coefficient (Wildman–Crippen LogP) is 7.49. The number of hydrogen-bond acceptors (Lipinski definition) is 6. The van der Waals surface area contributed by atoms with Crippen molar-refractivity contribution in [3.8, 4) is 11.5 Å². The first-order valence-electron chi connectivity index (χ1n) is 14.1. The van der Waals surface area contributed by atoms with Crippen LogP contribution in [0.2, 0.25) is 0 Å². The topological polar surface area (TPSA) is 93.1 Å². The van der Waals surface area contributed by atoms with Crippen LogP contribution in [-0.4, -0.2) is 52.8 Å². The molecule has 0 spiro atoms. The number of nitrogens with zero attached hydrogens (tertiary/aromatic N) is 1. The molecule has 7 nitrogen and oxygen atoms in total. The van der Waals surface area contributed by atoms with E-state index in [-0.39, 0.29) is 18.2 Å². The van der Waals surface area contributed by atoms with E-state index in [0.717, 1.165) is 27.1 Å². The van der Waals surface area contributed by atoms with Crippen LogP contribution in [0.3, 0.4) is 0 Å². The maximum absolute atomic E-state index is 13.9. The van der Waals surface area contributed by atoms with Gasteiger partial charge in [0.05, 0.1) is 0 Å². The summed E-state index contributed by atoms with van der Waals surface area (Å²) in [6.07, 6.45) is 1.49. The number of carboxylic acid groups (broad SMARTS) is 1. The normalized spacial score (nSPS) is 16.9. The number of ether oxygens (including phenoxy) is 2. The van der Waals surface area contributed by atoms with Crippen LogP contribution >= 0.6 is 11.8 Å². The zero-order valence-corrected chi connectivity index (χ0v) is 26.1. The number of Topliss-reactive ketones (excluding diaryl/α,β-unsaturated/α-hetero) is 1. The first-order chi connectivity index (χ1) is 19.8. The fourth-order valence-electron chi connectivity index (χ4n) is 5.27. The number of hydrogen-bond donors (Lipinski definition) is 1. The molecule has 0 saturated carbocycles. The first-order valence-corrected chi connectivity index (χ1v) is 15.3. The van der Waals surface area contributed by atoms with E-state index in [0.29, 0.717) is 29.5 Å². The highest BCUT2D eigenvalue weighted by Crippen LogP contribution is 2.39. The Labute approximate surface area is 252 Å². The van der Waals surface area contributed by atoms with Crippen LogP contribution in [0.5, 0.6) is 11.5 Å². The number of carbonyl (C=O) groups excluding carboxylic acids is 2. The number of benzene rings is 3. The minimum atomic E-state index is -1.40. The summed E-state index contributed by atoms with van der Waals surface area (Å²) in [5.41, 5.74) is 2.76. The molecular weight excluding hydrogens is 550 g/mol. The van der Waals surface area contributed by atoms with Crippen molar-refractivity contribution in [2.45, 2.75) is 63.9 Å². The third kappa shape index (κ3) is 6.81. The number of aliphatic carboxylic acids is 1. The lowest BCUT2D eigenvalue weighted by Gasteiger charge is -2.26. The summed E-state index contributed by atoms with van der Waals surface area (Å²) in [4.78, 5) is 41.5. The van der Waals surface area contributed by atoms with Gasteiger partial charge in [0.2, 0.25) is 0 Å². The lowest BCUT2D eigenvalue weighted by Crippen LogP contribution is -2.38. The van der Waals surface area contributed by atoms with Gasteiger partial charge in [-0.25, -0.2) is 9.59 Å². The number of carbonyl (C=O) groups is 3. The van der Waals surface area contributed by atoms with Crippen molar-refractivity contribution in [2.24, 2.45) is 5.92 Å². The van der Waals surface area contributed by atoms with Gasteiger partial charge in [-0.2, -0.15) is 0 Å². The highest BCUT2D eigenvalue weighted by molar-refractivity contribution is 7.98. The minimum absolute atomic E-state index is 0.0353. The quantitative estimate of drug-likeness (QED) is 0.204. The van der Waals surface area contributed by atoms with E-state index in [4.69, 9.17) is 9.47 Å². The van der Waals surface area contributed by atoms with Crippen LogP contribution in [0.1, 0.15) is 72.1 Å². The Balaban J connectivity index is 1.64. The van der Waals surface area contributed by atoms with Gasteiger partial charge in [0.25, 0.3) is 0 Å². The third-order valence-corrected chi connectivity index (χ3v) is 8.57. The van der Waals surface area contributed by atoms with E-state index >= 15 is 0 Å². The van der Waals surface area contributed by atoms with E-state index in [1.807, 2.05) is 68.6 Å². The van der Waals surface area contributed by atoms with Crippen molar-refractivity contribution in [3.63, 3.8) is 0 Å². The number of likely N-dealkylation sites (tertiary alicyclic amines) is 1. The van der Waals surface area contributed by atoms with Gasteiger partial charge < -0.3 is 19.5 Å². The summed E-state index contributed by atoms with van der Waals surface area (Å²) >= 11 is 1.61. The van der Waals surface area contributed by atoms with Crippen molar-refractivity contribution in [2.75, 3.05) is 19.3 Å². The van der Waals surface area contributed by atoms with Gasteiger partial charge in [0.15, 0.2) is 11.4 Å². The van der Waals surface area contributed by atoms with Crippen molar-refractivity contribution in [1.29, 1.82) is 0 Å². The number of thioether (sulfide) groups is 1. The molecule has 0 aromatic heterocycles. The highest BCUT2D eigenvalue weighted by Gasteiger charge is 2.42. The summed E-state index contributed by atoms with van der Waals surface area (Å²) < 4.78 is 11.6. The lowest BCUT2D eigenvalue weighted by molar-refractivity contribution is -0.152. The van der Waals surface area contributed by atoms with Crippen molar-refractivity contribution < 1.29 is 29.0 Å². The molecule has 222 valence electrons. The Hall–Kier alpha value is -3.78. The average molecular weight is 590 g/mol. The summed E-state index contributed by atoms with van der Waals surface area (Å²) in [7, 11) is 0. The van der Waals surface area contributed by atoms with Crippen LogP contribution < -0.4 is 9.47 Å². The number of amides is 1. The van der Waals surface area contributed by atoms with E-state index in [1.54, 1.807) is 28.8 Å². The maximum Gasteiger partial charge on any atom is 0.415 e. The molecule has 1 aliphatic heterocycles. The SMILES string of the molecule is CSc1ccc(C(=O)[C@@H]2CN(C(=O)Oc3ccc(C(C)C)cc3)C[C@H]2c2cc(C)c(OC(C)(C)C(=O)O)c(C)c2)cc1. The third-order valence-electron chi connectivity index (χ3n) is 7.82. The standard InChI is InChI=1S/C34H39NO6S/c1-20(2)23-8-12-26(13-9-23)40-33(39)35-18-28(29(19-35)30(36)24-10-14-27(42-7)15-11-24)25-16-21(3)31(22(4)17-25)41-34(5,6)32(37)38/h8-17,20,28-29H,18-19H2,1-7H3,(H,37,38)/t28-,29+/m0/s1. The molecule has 0 aliphatic carbocycles. The lowest BCUT2D eigenvalue weighted by atomic mass is 9.82. The molecule has 0 bridgehead atoms. The molecule has 1 N–H and O–H groups in total. The second-order valence-corrected chi connectivity index (χ2v) is 12.6. The molecule has 42 heavy (non-hydrogen) atoms. The largest absolute Gasteiger partial charge is 0.478 e. The molecule has 4 rings (SSSR count). The van der Waals surface area contributed by atoms with Gasteiger partial charge in [-0.1, -0.05) is 50.2 Å². The van der Waals surface area contributed by atoms with E-state index in [1.165, 1.54) is 13.8 Å². The Bertz CT molecular complexity index is 1440. The predicted molar refractivity (Wildman–Crippen MR) is 165 cm³/mol. The zero-order chi connectivity index (χ0) is 30.8. The van der Waals surface area contributed by atoms with Crippen molar-refractivity contribution in [1.82, 2.24) is 4.90 Å². The fourth-order valence-corrected chi connectivity index (χ4v) is 5.68. The number of carboxylic acids is 1. The van der Waals surface area contributed by atoms with Gasteiger partial charge in [0.1, 0.15) is 11.5 Å². The maximum atomic E-state index is 13.9. The Morgan fingerprint density at radius 1 is 0.952 bits per heavy atom. The van der Waals surface area contributed by atoms with Crippen LogP contribution in [0.25, 0.3) is 0 Å². The number of aryl methyl sites for hydroxylation is 2. The highest BCUT2D eigenvalue weighted by atomic mass is 32.2. The Morgan fingerprint density at radius 2 is 1.55 bits per heavy atom. The molecule has 8 heteroatoms. The van der Waals surface area contributed by atoms with Gasteiger partial charge in [-0.15, -0.1) is 11.8 Å². The van der Waals surface area contributed by atoms with Crippen LogP contribution in [0.4, 0.5) is 4.79 Å². The van der Waals surface area contributed by atoms with Crippen LogP contribution in [-0.2, 0) is 4.79 Å². The van der Waals surface area contributed by atoms with Crippen LogP contribution in [0, 0.1) is 19.8 Å². The van der Waals surface area contributed by atoms with Crippen molar-refractivity contribution >= 4 is 29.6 Å². The van der Waals surface area contributed by atoms with Crippen LogP contribution in [0.15, 0.2) is 65.6 Å². The molecule has 0 radical (unpaired) electrons. The first kappa shape index (κ1) is 31.2. The number of rotatable bonds is 9. The second kappa shape index (κ2) is 12.6. The van der Waals surface area contributed by atoms with Crippen molar-refractivity contribution in [3.05, 3.63) is 88.5 Å². The Morgan fingerprint density at radius 3 is 2.07 bits per heavy atom. The molecule has 0 unspecified atom stereocenters. The molecule has 3 aromatic carbocycles. The molecule has 1 heterocycles. The molecule has 1 aliphatic rings. The molecule has 1 amide bonds. The summed E-state index contributed by atoms with van der Waals surface area (Å²) in [5.74, 6) is -0.545. The van der Waals surface area contributed by atoms with Gasteiger partial charge in [0, 0.05) is 35.4 Å².